The molecule has 1 atom stereocenters. The maximum absolute atomic E-state index is 12.5. The van der Waals surface area contributed by atoms with E-state index in [0.29, 0.717) is 22.6 Å². The van der Waals surface area contributed by atoms with Gasteiger partial charge in [0.15, 0.2) is 6.10 Å². The molecule has 0 radical (unpaired) electrons. The first-order chi connectivity index (χ1) is 14.7. The average molecular weight is 420 g/mol. The maximum atomic E-state index is 12.5. The number of anilines is 1. The number of aryl methyl sites for hydroxylation is 2. The molecule has 0 bridgehead atoms. The summed E-state index contributed by atoms with van der Waals surface area (Å²) in [7, 11) is 0. The SMILES string of the molecule is Cc1ccc(C)n1NC(=O)c1ccc(O[C@H](C)C(=O)Nc2ccc(C(N)=O)cc2)cc1. The smallest absolute Gasteiger partial charge is 0.270 e. The van der Waals surface area contributed by atoms with Crippen molar-refractivity contribution in [1.29, 1.82) is 0 Å². The summed E-state index contributed by atoms with van der Waals surface area (Å²) < 4.78 is 7.38. The molecule has 8 heteroatoms. The van der Waals surface area contributed by atoms with E-state index in [4.69, 9.17) is 10.5 Å². The van der Waals surface area contributed by atoms with E-state index in [0.717, 1.165) is 11.4 Å². The van der Waals surface area contributed by atoms with Crippen molar-refractivity contribution < 1.29 is 19.1 Å². The van der Waals surface area contributed by atoms with E-state index in [9.17, 15) is 14.4 Å². The molecule has 0 aliphatic rings. The van der Waals surface area contributed by atoms with E-state index in [1.165, 1.54) is 12.1 Å². The van der Waals surface area contributed by atoms with E-state index in [-0.39, 0.29) is 11.8 Å². The van der Waals surface area contributed by atoms with Crippen molar-refractivity contribution in [3.63, 3.8) is 0 Å². The number of amides is 3. The van der Waals surface area contributed by atoms with Crippen LogP contribution in [0.4, 0.5) is 5.69 Å². The zero-order chi connectivity index (χ0) is 22.5. The number of ether oxygens (including phenoxy) is 1. The highest BCUT2D eigenvalue weighted by Crippen LogP contribution is 2.16. The topological polar surface area (TPSA) is 115 Å². The van der Waals surface area contributed by atoms with Gasteiger partial charge in [0, 0.05) is 28.2 Å². The van der Waals surface area contributed by atoms with Crippen molar-refractivity contribution in [2.24, 2.45) is 5.73 Å². The van der Waals surface area contributed by atoms with Crippen LogP contribution in [0.25, 0.3) is 0 Å². The number of carbonyl (C=O) groups is 3. The number of hydrogen-bond donors (Lipinski definition) is 3. The monoisotopic (exact) mass is 420 g/mol. The van der Waals surface area contributed by atoms with Gasteiger partial charge >= 0.3 is 0 Å². The van der Waals surface area contributed by atoms with Gasteiger partial charge < -0.3 is 15.8 Å². The van der Waals surface area contributed by atoms with Crippen molar-refractivity contribution in [2.75, 3.05) is 10.7 Å². The first kappa shape index (κ1) is 21.6. The van der Waals surface area contributed by atoms with Crippen LogP contribution in [0.1, 0.15) is 39.0 Å². The molecule has 31 heavy (non-hydrogen) atoms. The Morgan fingerprint density at radius 3 is 1.97 bits per heavy atom. The Morgan fingerprint density at radius 2 is 1.42 bits per heavy atom. The number of nitrogens with one attached hydrogen (secondary N) is 2. The molecule has 0 saturated carbocycles. The molecule has 1 aromatic heterocycles. The normalized spacial score (nSPS) is 11.5. The van der Waals surface area contributed by atoms with Gasteiger partial charge in [-0.15, -0.1) is 0 Å². The van der Waals surface area contributed by atoms with Crippen molar-refractivity contribution in [3.05, 3.63) is 83.2 Å². The third-order valence-electron chi connectivity index (χ3n) is 4.72. The molecule has 0 unspecified atom stereocenters. The van der Waals surface area contributed by atoms with Crippen LogP contribution in [0, 0.1) is 13.8 Å². The summed E-state index contributed by atoms with van der Waals surface area (Å²) >= 11 is 0. The minimum absolute atomic E-state index is 0.251. The molecule has 2 aromatic carbocycles. The molecule has 160 valence electrons. The van der Waals surface area contributed by atoms with Crippen LogP contribution in [0.2, 0.25) is 0 Å². The summed E-state index contributed by atoms with van der Waals surface area (Å²) in [4.78, 5) is 35.9. The van der Waals surface area contributed by atoms with E-state index in [1.807, 2.05) is 26.0 Å². The molecule has 8 nitrogen and oxygen atoms in total. The summed E-state index contributed by atoms with van der Waals surface area (Å²) in [5.41, 5.74) is 11.2. The third-order valence-corrected chi connectivity index (χ3v) is 4.72. The Bertz CT molecular complexity index is 1080. The second-order valence-electron chi connectivity index (χ2n) is 7.11. The molecule has 0 saturated heterocycles. The van der Waals surface area contributed by atoms with Crippen LogP contribution < -0.4 is 21.2 Å². The predicted octanol–water partition coefficient (Wildman–Crippen LogP) is 2.99. The van der Waals surface area contributed by atoms with E-state index in [1.54, 1.807) is 48.0 Å². The number of nitrogens with zero attached hydrogens (tertiary/aromatic N) is 1. The zero-order valence-corrected chi connectivity index (χ0v) is 17.5. The fraction of sp³-hybridized carbons (Fsp3) is 0.174. The van der Waals surface area contributed by atoms with Gasteiger partial charge in [0.25, 0.3) is 11.8 Å². The summed E-state index contributed by atoms with van der Waals surface area (Å²) in [5.74, 6) is -0.687. The molecule has 3 aromatic rings. The van der Waals surface area contributed by atoms with E-state index < -0.39 is 12.0 Å². The van der Waals surface area contributed by atoms with Crippen LogP contribution in [0.15, 0.2) is 60.7 Å². The predicted molar refractivity (Wildman–Crippen MR) is 118 cm³/mol. The van der Waals surface area contributed by atoms with Gasteiger partial charge in [0.05, 0.1) is 0 Å². The Balaban J connectivity index is 1.57. The largest absolute Gasteiger partial charge is 0.481 e. The summed E-state index contributed by atoms with van der Waals surface area (Å²) in [6, 6.07) is 16.6. The molecule has 0 spiro atoms. The highest BCUT2D eigenvalue weighted by atomic mass is 16.5. The quantitative estimate of drug-likeness (QED) is 0.545. The molecular formula is C23H24N4O4. The number of rotatable bonds is 7. The average Bonchev–Trinajstić information content (AvgIpc) is 3.06. The van der Waals surface area contributed by atoms with Gasteiger partial charge in [-0.25, -0.2) is 0 Å². The fourth-order valence-electron chi connectivity index (χ4n) is 2.92. The van der Waals surface area contributed by atoms with Crippen molar-refractivity contribution in [1.82, 2.24) is 4.68 Å². The first-order valence-corrected chi connectivity index (χ1v) is 9.68. The lowest BCUT2D eigenvalue weighted by Gasteiger charge is -2.15. The van der Waals surface area contributed by atoms with Crippen LogP contribution in [0.3, 0.4) is 0 Å². The van der Waals surface area contributed by atoms with Crippen LogP contribution in [0.5, 0.6) is 5.75 Å². The Morgan fingerprint density at radius 1 is 0.871 bits per heavy atom. The van der Waals surface area contributed by atoms with Crippen LogP contribution >= 0.6 is 0 Å². The first-order valence-electron chi connectivity index (χ1n) is 9.68. The van der Waals surface area contributed by atoms with Gasteiger partial charge in [-0.05, 0) is 81.4 Å². The second-order valence-corrected chi connectivity index (χ2v) is 7.11. The van der Waals surface area contributed by atoms with E-state index >= 15 is 0 Å². The number of aromatic nitrogens is 1. The molecule has 3 rings (SSSR count). The highest BCUT2D eigenvalue weighted by molar-refractivity contribution is 6.00. The standard InChI is InChI=1S/C23H24N4O4/c1-14-4-5-15(2)27(14)26-23(30)18-8-12-20(13-9-18)31-16(3)22(29)25-19-10-6-17(7-11-19)21(24)28/h4-13,16H,1-3H3,(H2,24,28)(H,25,29)(H,26,30)/t16-/m1/s1. The Kier molecular flexibility index (Phi) is 6.40. The number of nitrogens with two attached hydrogens (primary N) is 1. The summed E-state index contributed by atoms with van der Waals surface area (Å²) in [5, 5.41) is 2.71. The second kappa shape index (κ2) is 9.17. The van der Waals surface area contributed by atoms with Gasteiger partial charge in [-0.1, -0.05) is 0 Å². The number of primary amides is 1. The van der Waals surface area contributed by atoms with Crippen molar-refractivity contribution >= 4 is 23.4 Å². The van der Waals surface area contributed by atoms with Crippen LogP contribution in [-0.4, -0.2) is 28.5 Å². The molecule has 3 amide bonds. The minimum Gasteiger partial charge on any atom is -0.481 e. The lowest BCUT2D eigenvalue weighted by atomic mass is 10.2. The number of benzene rings is 2. The molecule has 0 aliphatic carbocycles. The molecule has 1 heterocycles. The van der Waals surface area contributed by atoms with Crippen molar-refractivity contribution in [2.45, 2.75) is 26.9 Å². The fourth-order valence-corrected chi connectivity index (χ4v) is 2.92. The van der Waals surface area contributed by atoms with Crippen molar-refractivity contribution in [3.8, 4) is 5.75 Å². The van der Waals surface area contributed by atoms with Gasteiger partial charge in [-0.2, -0.15) is 0 Å². The Hall–Kier alpha value is -4.07. The van der Waals surface area contributed by atoms with Gasteiger partial charge in [0.2, 0.25) is 5.91 Å². The molecular weight excluding hydrogens is 396 g/mol. The number of carbonyl (C=O) groups excluding carboxylic acids is 3. The molecule has 0 aliphatic heterocycles. The number of hydrogen-bond acceptors (Lipinski definition) is 4. The highest BCUT2D eigenvalue weighted by Gasteiger charge is 2.16. The lowest BCUT2D eigenvalue weighted by Crippen LogP contribution is -2.30. The summed E-state index contributed by atoms with van der Waals surface area (Å²) in [6.45, 7) is 5.43. The van der Waals surface area contributed by atoms with E-state index in [2.05, 4.69) is 10.7 Å². The maximum Gasteiger partial charge on any atom is 0.270 e. The minimum atomic E-state index is -0.777. The lowest BCUT2D eigenvalue weighted by molar-refractivity contribution is -0.122. The summed E-state index contributed by atoms with van der Waals surface area (Å²) in [6.07, 6.45) is -0.777. The van der Waals surface area contributed by atoms with Gasteiger partial charge in [-0.3, -0.25) is 24.5 Å². The third kappa shape index (κ3) is 5.30. The Labute approximate surface area is 180 Å². The molecule has 0 fully saturated rings. The van der Waals surface area contributed by atoms with Crippen LogP contribution in [-0.2, 0) is 4.79 Å². The molecule has 4 N–H and O–H groups in total. The van der Waals surface area contributed by atoms with Gasteiger partial charge in [0.1, 0.15) is 5.75 Å². The zero-order valence-electron chi connectivity index (χ0n) is 17.5.